The standard InChI is InChI=1S/C6H14N2S/c1-3-4-6(9-2)8-5-7/h5-6H,3-4H2,1-2H3,(H2,7,8). The zero-order chi connectivity index (χ0) is 7.11. The van der Waals surface area contributed by atoms with Crippen molar-refractivity contribution in [1.29, 1.82) is 0 Å². The molecule has 3 heteroatoms. The van der Waals surface area contributed by atoms with Crippen LogP contribution in [0.15, 0.2) is 4.99 Å². The quantitative estimate of drug-likeness (QED) is 0.481. The van der Waals surface area contributed by atoms with Crippen molar-refractivity contribution in [2.45, 2.75) is 25.1 Å². The third kappa shape index (κ3) is 4.33. The van der Waals surface area contributed by atoms with Gasteiger partial charge in [-0.3, -0.25) is 4.99 Å². The van der Waals surface area contributed by atoms with Gasteiger partial charge in [0.1, 0.15) is 0 Å². The first-order valence-corrected chi connectivity index (χ1v) is 4.40. The number of thioether (sulfide) groups is 1. The van der Waals surface area contributed by atoms with Crippen LogP contribution in [-0.4, -0.2) is 18.0 Å². The second-order valence-electron chi connectivity index (χ2n) is 1.78. The minimum Gasteiger partial charge on any atom is -0.390 e. The Morgan fingerprint density at radius 3 is 2.78 bits per heavy atom. The minimum atomic E-state index is 0.375. The number of hydrogen-bond acceptors (Lipinski definition) is 2. The van der Waals surface area contributed by atoms with Crippen LogP contribution in [0.2, 0.25) is 0 Å². The van der Waals surface area contributed by atoms with Gasteiger partial charge in [0.15, 0.2) is 0 Å². The lowest BCUT2D eigenvalue weighted by Gasteiger charge is -2.04. The van der Waals surface area contributed by atoms with Crippen molar-refractivity contribution >= 4 is 18.1 Å². The zero-order valence-corrected chi connectivity index (χ0v) is 6.82. The van der Waals surface area contributed by atoms with Gasteiger partial charge in [-0.05, 0) is 12.7 Å². The maximum Gasteiger partial charge on any atom is 0.0965 e. The van der Waals surface area contributed by atoms with Gasteiger partial charge in [-0.1, -0.05) is 13.3 Å². The molecule has 0 rings (SSSR count). The summed E-state index contributed by atoms with van der Waals surface area (Å²) in [6.45, 7) is 2.15. The topological polar surface area (TPSA) is 38.4 Å². The van der Waals surface area contributed by atoms with E-state index < -0.39 is 0 Å². The molecule has 0 aliphatic carbocycles. The SMILES string of the molecule is CCCC(N=CN)SC. The van der Waals surface area contributed by atoms with E-state index in [1.165, 1.54) is 12.8 Å². The summed E-state index contributed by atoms with van der Waals surface area (Å²) in [5.41, 5.74) is 5.13. The first-order valence-electron chi connectivity index (χ1n) is 3.11. The molecule has 2 N–H and O–H groups in total. The second kappa shape index (κ2) is 5.95. The molecule has 1 unspecified atom stereocenters. The van der Waals surface area contributed by atoms with Crippen LogP contribution in [0.25, 0.3) is 0 Å². The summed E-state index contributed by atoms with van der Waals surface area (Å²) >= 11 is 1.74. The lowest BCUT2D eigenvalue weighted by atomic mass is 10.3. The highest BCUT2D eigenvalue weighted by Crippen LogP contribution is 2.12. The van der Waals surface area contributed by atoms with E-state index in [2.05, 4.69) is 11.9 Å². The molecule has 0 aromatic heterocycles. The lowest BCUT2D eigenvalue weighted by molar-refractivity contribution is 0.769. The lowest BCUT2D eigenvalue weighted by Crippen LogP contribution is -2.00. The summed E-state index contributed by atoms with van der Waals surface area (Å²) in [5, 5.41) is 0.375. The van der Waals surface area contributed by atoms with Gasteiger partial charge in [0.2, 0.25) is 0 Å². The molecule has 0 radical (unpaired) electrons. The van der Waals surface area contributed by atoms with E-state index in [1.54, 1.807) is 11.8 Å². The van der Waals surface area contributed by atoms with Crippen molar-refractivity contribution in [3.8, 4) is 0 Å². The minimum absolute atomic E-state index is 0.375. The van der Waals surface area contributed by atoms with Crippen LogP contribution in [-0.2, 0) is 0 Å². The van der Waals surface area contributed by atoms with Gasteiger partial charge in [0, 0.05) is 0 Å². The van der Waals surface area contributed by atoms with E-state index in [4.69, 9.17) is 5.73 Å². The molecule has 0 aromatic rings. The molecule has 0 spiro atoms. The maximum atomic E-state index is 5.13. The highest BCUT2D eigenvalue weighted by molar-refractivity contribution is 7.99. The van der Waals surface area contributed by atoms with Gasteiger partial charge in [-0.15, -0.1) is 11.8 Å². The van der Waals surface area contributed by atoms with E-state index in [9.17, 15) is 0 Å². The Kier molecular flexibility index (Phi) is 5.83. The highest BCUT2D eigenvalue weighted by atomic mass is 32.2. The van der Waals surface area contributed by atoms with E-state index in [-0.39, 0.29) is 0 Å². The van der Waals surface area contributed by atoms with Gasteiger partial charge in [0.05, 0.1) is 11.7 Å². The third-order valence-electron chi connectivity index (χ3n) is 1.06. The third-order valence-corrected chi connectivity index (χ3v) is 1.96. The number of aliphatic imine (C=N–C) groups is 1. The fourth-order valence-corrected chi connectivity index (χ4v) is 1.26. The summed E-state index contributed by atoms with van der Waals surface area (Å²) in [6.07, 6.45) is 5.72. The molecule has 0 amide bonds. The normalized spacial score (nSPS) is 14.4. The van der Waals surface area contributed by atoms with Gasteiger partial charge in [-0.25, -0.2) is 0 Å². The van der Waals surface area contributed by atoms with Crippen LogP contribution in [0.3, 0.4) is 0 Å². The molecular weight excluding hydrogens is 132 g/mol. The Labute approximate surface area is 60.9 Å². The monoisotopic (exact) mass is 146 g/mol. The molecule has 0 aromatic carbocycles. The predicted molar refractivity (Wildman–Crippen MR) is 44.9 cm³/mol. The van der Waals surface area contributed by atoms with Gasteiger partial charge in [0.25, 0.3) is 0 Å². The number of nitrogens with two attached hydrogens (primary N) is 1. The fourth-order valence-electron chi connectivity index (χ4n) is 0.596. The number of rotatable bonds is 4. The first-order chi connectivity index (χ1) is 4.35. The molecule has 0 aliphatic heterocycles. The van der Waals surface area contributed by atoms with Crippen LogP contribution in [0.1, 0.15) is 19.8 Å². The second-order valence-corrected chi connectivity index (χ2v) is 2.79. The molecule has 0 bridgehead atoms. The summed E-state index contributed by atoms with van der Waals surface area (Å²) in [6, 6.07) is 0. The van der Waals surface area contributed by atoms with Gasteiger partial charge in [-0.2, -0.15) is 0 Å². The Balaban J connectivity index is 3.41. The molecule has 0 saturated carbocycles. The molecule has 9 heavy (non-hydrogen) atoms. The summed E-state index contributed by atoms with van der Waals surface area (Å²) in [5.74, 6) is 0. The summed E-state index contributed by atoms with van der Waals surface area (Å²) < 4.78 is 0. The highest BCUT2D eigenvalue weighted by Gasteiger charge is 1.98. The van der Waals surface area contributed by atoms with Crippen LogP contribution in [0, 0.1) is 0 Å². The summed E-state index contributed by atoms with van der Waals surface area (Å²) in [7, 11) is 0. The Bertz CT molecular complexity index is 83.1. The largest absolute Gasteiger partial charge is 0.390 e. The number of nitrogens with zero attached hydrogens (tertiary/aromatic N) is 1. The van der Waals surface area contributed by atoms with E-state index in [0.29, 0.717) is 5.37 Å². The molecule has 1 atom stereocenters. The molecule has 0 fully saturated rings. The van der Waals surface area contributed by atoms with Crippen LogP contribution in [0.5, 0.6) is 0 Å². The molecule has 54 valence electrons. The first kappa shape index (κ1) is 8.82. The van der Waals surface area contributed by atoms with Crippen LogP contribution < -0.4 is 5.73 Å². The number of hydrogen-bond donors (Lipinski definition) is 1. The van der Waals surface area contributed by atoms with Crippen molar-refractivity contribution < 1.29 is 0 Å². The van der Waals surface area contributed by atoms with E-state index in [1.807, 2.05) is 6.26 Å². The average Bonchev–Trinajstić information content (AvgIpc) is 1.88. The summed E-state index contributed by atoms with van der Waals surface area (Å²) in [4.78, 5) is 4.05. The van der Waals surface area contributed by atoms with Crippen LogP contribution in [0.4, 0.5) is 0 Å². The van der Waals surface area contributed by atoms with Crippen molar-refractivity contribution in [2.75, 3.05) is 6.26 Å². The fraction of sp³-hybridized carbons (Fsp3) is 0.833. The van der Waals surface area contributed by atoms with Crippen molar-refractivity contribution in [3.05, 3.63) is 0 Å². The Morgan fingerprint density at radius 1 is 1.78 bits per heavy atom. The maximum absolute atomic E-state index is 5.13. The molecule has 0 aliphatic rings. The zero-order valence-electron chi connectivity index (χ0n) is 6.00. The van der Waals surface area contributed by atoms with Crippen LogP contribution >= 0.6 is 11.8 Å². The Hall–Kier alpha value is -0.180. The predicted octanol–water partition coefficient (Wildman–Crippen LogP) is 1.46. The van der Waals surface area contributed by atoms with E-state index >= 15 is 0 Å². The van der Waals surface area contributed by atoms with Gasteiger partial charge >= 0.3 is 0 Å². The molecule has 0 saturated heterocycles. The molecule has 0 heterocycles. The van der Waals surface area contributed by atoms with Crippen molar-refractivity contribution in [3.63, 3.8) is 0 Å². The van der Waals surface area contributed by atoms with E-state index in [0.717, 1.165) is 6.42 Å². The average molecular weight is 146 g/mol. The molecule has 2 nitrogen and oxygen atoms in total. The smallest absolute Gasteiger partial charge is 0.0965 e. The molecular formula is C6H14N2S. The van der Waals surface area contributed by atoms with Gasteiger partial charge < -0.3 is 5.73 Å². The Morgan fingerprint density at radius 2 is 2.44 bits per heavy atom. The van der Waals surface area contributed by atoms with Crippen molar-refractivity contribution in [2.24, 2.45) is 10.7 Å². The van der Waals surface area contributed by atoms with Crippen molar-refractivity contribution in [1.82, 2.24) is 0 Å².